The molecule has 32 heavy (non-hydrogen) atoms. The van der Waals surface area contributed by atoms with Crippen LogP contribution in [0.15, 0.2) is 77.7 Å². The lowest BCUT2D eigenvalue weighted by molar-refractivity contribution is -0.122. The average molecular weight is 468 g/mol. The summed E-state index contributed by atoms with van der Waals surface area (Å²) in [6.45, 7) is -0.219. The number of nitrogens with zero attached hydrogens (tertiary/aromatic N) is 2. The van der Waals surface area contributed by atoms with Crippen molar-refractivity contribution in [3.05, 3.63) is 83.4 Å². The molecule has 3 aromatic rings. The number of hydrogen-bond acceptors (Lipinski definition) is 5. The molecule has 1 heterocycles. The van der Waals surface area contributed by atoms with Gasteiger partial charge in [-0.05, 0) is 48.0 Å². The Morgan fingerprint density at radius 1 is 1.12 bits per heavy atom. The Labute approximate surface area is 190 Å². The highest BCUT2D eigenvalue weighted by Crippen LogP contribution is 2.39. The lowest BCUT2D eigenvalue weighted by Crippen LogP contribution is -2.48. The van der Waals surface area contributed by atoms with Gasteiger partial charge in [0.2, 0.25) is 0 Å². The van der Waals surface area contributed by atoms with Crippen molar-refractivity contribution in [2.75, 3.05) is 16.2 Å². The molecule has 7 nitrogen and oxygen atoms in total. The zero-order chi connectivity index (χ0) is 22.7. The number of carbonyl (C=O) groups is 1. The van der Waals surface area contributed by atoms with Gasteiger partial charge in [0.15, 0.2) is 6.10 Å². The van der Waals surface area contributed by atoms with Gasteiger partial charge in [0.1, 0.15) is 5.75 Å². The minimum atomic E-state index is -3.96. The molecule has 1 atom stereocenters. The van der Waals surface area contributed by atoms with Gasteiger partial charge < -0.3 is 10.1 Å². The van der Waals surface area contributed by atoms with E-state index in [1.807, 2.05) is 0 Å². The van der Waals surface area contributed by atoms with E-state index in [-0.39, 0.29) is 29.3 Å². The molecule has 1 aliphatic heterocycles. The van der Waals surface area contributed by atoms with Crippen molar-refractivity contribution >= 4 is 38.9 Å². The van der Waals surface area contributed by atoms with E-state index in [0.717, 1.165) is 9.87 Å². The van der Waals surface area contributed by atoms with Crippen molar-refractivity contribution in [1.29, 1.82) is 5.26 Å². The molecule has 0 radical (unpaired) electrons. The number of amides is 1. The second-order valence-electron chi connectivity index (χ2n) is 7.09. The first-order valence-electron chi connectivity index (χ1n) is 9.69. The van der Waals surface area contributed by atoms with Crippen molar-refractivity contribution in [2.24, 2.45) is 0 Å². The number of nitriles is 1. The quantitative estimate of drug-likeness (QED) is 0.611. The highest BCUT2D eigenvalue weighted by atomic mass is 35.5. The number of nitrogens with one attached hydrogen (secondary N) is 1. The summed E-state index contributed by atoms with van der Waals surface area (Å²) >= 11 is 6.10. The Morgan fingerprint density at radius 3 is 2.53 bits per heavy atom. The molecule has 4 rings (SSSR count). The minimum Gasteiger partial charge on any atom is -0.476 e. The van der Waals surface area contributed by atoms with Gasteiger partial charge in [-0.3, -0.25) is 9.10 Å². The third-order valence-corrected chi connectivity index (χ3v) is 6.95. The molecule has 162 valence electrons. The number of rotatable bonds is 5. The second-order valence-corrected chi connectivity index (χ2v) is 9.39. The SMILES string of the molecule is N#CCc1ccc(NC(=O)[C@@H]2CN(S(=O)(=O)c3ccccc3)c3cc(Cl)ccc3O2)cc1. The van der Waals surface area contributed by atoms with Crippen LogP contribution in [0.4, 0.5) is 11.4 Å². The smallest absolute Gasteiger partial charge is 0.267 e. The van der Waals surface area contributed by atoms with E-state index in [1.54, 1.807) is 54.6 Å². The normalized spacial score (nSPS) is 15.2. The molecule has 1 N–H and O–H groups in total. The number of carbonyl (C=O) groups excluding carboxylic acids is 1. The molecule has 0 saturated carbocycles. The molecule has 9 heteroatoms. The first-order chi connectivity index (χ1) is 15.4. The molecule has 0 aliphatic carbocycles. The maximum atomic E-state index is 13.4. The molecular weight excluding hydrogens is 450 g/mol. The van der Waals surface area contributed by atoms with Crippen LogP contribution in [0.2, 0.25) is 5.02 Å². The summed E-state index contributed by atoms with van der Waals surface area (Å²) in [5.74, 6) is -0.253. The van der Waals surface area contributed by atoms with Crippen LogP contribution < -0.4 is 14.4 Å². The van der Waals surface area contributed by atoms with Crippen molar-refractivity contribution in [3.8, 4) is 11.8 Å². The van der Waals surface area contributed by atoms with Crippen molar-refractivity contribution in [2.45, 2.75) is 17.4 Å². The largest absolute Gasteiger partial charge is 0.476 e. The summed E-state index contributed by atoms with van der Waals surface area (Å²) in [6, 6.07) is 21.5. The Bertz CT molecular complexity index is 1290. The Balaban J connectivity index is 1.63. The standard InChI is InChI=1S/C23H18ClN3O4S/c24-17-8-11-21-20(14-17)27(32(29,30)19-4-2-1-3-5-19)15-22(31-21)23(28)26-18-9-6-16(7-10-18)12-13-25/h1-11,14,22H,12,15H2,(H,26,28)/t22-/m0/s1. The molecule has 0 spiro atoms. The summed E-state index contributed by atoms with van der Waals surface area (Å²) in [4.78, 5) is 13.0. The summed E-state index contributed by atoms with van der Waals surface area (Å²) in [5, 5.41) is 11.9. The summed E-state index contributed by atoms with van der Waals surface area (Å²) < 4.78 is 33.7. The minimum absolute atomic E-state index is 0.0973. The number of halogens is 1. The molecule has 0 fully saturated rings. The zero-order valence-electron chi connectivity index (χ0n) is 16.7. The van der Waals surface area contributed by atoms with Crippen LogP contribution in [0, 0.1) is 11.3 Å². The fraction of sp³-hybridized carbons (Fsp3) is 0.130. The van der Waals surface area contributed by atoms with Gasteiger partial charge in [-0.2, -0.15) is 5.26 Å². The molecule has 0 saturated heterocycles. The monoisotopic (exact) mass is 467 g/mol. The number of benzene rings is 3. The molecule has 1 aliphatic rings. The average Bonchev–Trinajstić information content (AvgIpc) is 2.80. The predicted molar refractivity (Wildman–Crippen MR) is 121 cm³/mol. The highest BCUT2D eigenvalue weighted by molar-refractivity contribution is 7.92. The van der Waals surface area contributed by atoms with Crippen LogP contribution in [0.3, 0.4) is 0 Å². The van der Waals surface area contributed by atoms with Gasteiger partial charge in [0.05, 0.1) is 29.6 Å². The fourth-order valence-electron chi connectivity index (χ4n) is 3.33. The maximum absolute atomic E-state index is 13.4. The van der Waals surface area contributed by atoms with Gasteiger partial charge in [-0.15, -0.1) is 0 Å². The molecule has 0 unspecified atom stereocenters. The summed E-state index contributed by atoms with van der Waals surface area (Å²) in [7, 11) is -3.96. The number of fused-ring (bicyclic) bond motifs is 1. The Kier molecular flexibility index (Phi) is 6.04. The summed E-state index contributed by atoms with van der Waals surface area (Å²) in [5.41, 5.74) is 1.61. The Morgan fingerprint density at radius 2 is 1.84 bits per heavy atom. The topological polar surface area (TPSA) is 99.5 Å². The van der Waals surface area contributed by atoms with E-state index < -0.39 is 22.0 Å². The van der Waals surface area contributed by atoms with Gasteiger partial charge in [0, 0.05) is 10.7 Å². The maximum Gasteiger partial charge on any atom is 0.267 e. The molecule has 3 aromatic carbocycles. The van der Waals surface area contributed by atoms with Crippen LogP contribution in [0.25, 0.3) is 0 Å². The van der Waals surface area contributed by atoms with Crippen molar-refractivity contribution in [1.82, 2.24) is 0 Å². The second kappa shape index (κ2) is 8.91. The third-order valence-electron chi connectivity index (χ3n) is 4.92. The zero-order valence-corrected chi connectivity index (χ0v) is 18.3. The van der Waals surface area contributed by atoms with Crippen LogP contribution in [-0.4, -0.2) is 27.0 Å². The van der Waals surface area contributed by atoms with Gasteiger partial charge in [0.25, 0.3) is 15.9 Å². The number of ether oxygens (including phenoxy) is 1. The lowest BCUT2D eigenvalue weighted by atomic mass is 10.1. The third kappa shape index (κ3) is 4.40. The van der Waals surface area contributed by atoms with Crippen molar-refractivity contribution in [3.63, 3.8) is 0 Å². The fourth-order valence-corrected chi connectivity index (χ4v) is 4.98. The van der Waals surface area contributed by atoms with Crippen LogP contribution in [-0.2, 0) is 21.2 Å². The predicted octanol–water partition coefficient (Wildman–Crippen LogP) is 4.00. The molecule has 1 amide bonds. The number of sulfonamides is 1. The first kappa shape index (κ1) is 21.7. The molecule has 0 aromatic heterocycles. The highest BCUT2D eigenvalue weighted by Gasteiger charge is 2.37. The summed E-state index contributed by atoms with van der Waals surface area (Å²) in [6.07, 6.45) is -0.813. The Hall–Kier alpha value is -3.54. The van der Waals surface area contributed by atoms with Gasteiger partial charge in [-0.1, -0.05) is 41.9 Å². The lowest BCUT2D eigenvalue weighted by Gasteiger charge is -2.34. The van der Waals surface area contributed by atoms with Crippen LogP contribution in [0.5, 0.6) is 5.75 Å². The van der Waals surface area contributed by atoms with E-state index in [9.17, 15) is 13.2 Å². The molecular formula is C23H18ClN3O4S. The first-order valence-corrected chi connectivity index (χ1v) is 11.5. The van der Waals surface area contributed by atoms with Crippen LogP contribution in [0.1, 0.15) is 5.56 Å². The van der Waals surface area contributed by atoms with Gasteiger partial charge in [-0.25, -0.2) is 8.42 Å². The van der Waals surface area contributed by atoms with Crippen molar-refractivity contribution < 1.29 is 17.9 Å². The van der Waals surface area contributed by atoms with Crippen LogP contribution >= 0.6 is 11.6 Å². The van der Waals surface area contributed by atoms with E-state index >= 15 is 0 Å². The van der Waals surface area contributed by atoms with E-state index in [1.165, 1.54) is 18.2 Å². The van der Waals surface area contributed by atoms with Gasteiger partial charge >= 0.3 is 0 Å². The number of hydrogen-bond donors (Lipinski definition) is 1. The number of anilines is 2. The van der Waals surface area contributed by atoms with E-state index in [0.29, 0.717) is 10.7 Å². The van der Waals surface area contributed by atoms with E-state index in [2.05, 4.69) is 11.4 Å². The van der Waals surface area contributed by atoms with E-state index in [4.69, 9.17) is 21.6 Å². The molecule has 0 bridgehead atoms.